The third-order valence-electron chi connectivity index (χ3n) is 2.53. The van der Waals surface area contributed by atoms with Gasteiger partial charge < -0.3 is 15.7 Å². The number of thioether (sulfide) groups is 2. The Hall–Kier alpha value is -0.890. The van der Waals surface area contributed by atoms with Gasteiger partial charge in [-0.25, -0.2) is 4.79 Å². The second kappa shape index (κ2) is 10.8. The molecule has 0 saturated heterocycles. The zero-order valence-electron chi connectivity index (χ0n) is 12.0. The SMILES string of the molecule is CSCC[C@H](NC(=O)[C@H](CCSC)NC(C)=O)C(=O)O. The first-order valence-electron chi connectivity index (χ1n) is 6.20. The molecule has 0 aromatic rings. The lowest BCUT2D eigenvalue weighted by atomic mass is 10.1. The standard InChI is InChI=1S/C12H22N2O4S2/c1-8(15)13-9(4-6-19-2)11(16)14-10(12(17)18)5-7-20-3/h9-10H,4-7H2,1-3H3,(H,13,15)(H,14,16)(H,17,18)/t9-,10-/m0/s1. The molecular formula is C12H22N2O4S2. The highest BCUT2D eigenvalue weighted by molar-refractivity contribution is 7.98. The molecular weight excluding hydrogens is 300 g/mol. The molecule has 3 N–H and O–H groups in total. The van der Waals surface area contributed by atoms with Crippen molar-refractivity contribution in [3.05, 3.63) is 0 Å². The molecule has 0 aliphatic heterocycles. The van der Waals surface area contributed by atoms with Gasteiger partial charge in [-0.05, 0) is 36.9 Å². The van der Waals surface area contributed by atoms with Crippen molar-refractivity contribution in [3.63, 3.8) is 0 Å². The van der Waals surface area contributed by atoms with Crippen molar-refractivity contribution in [2.24, 2.45) is 0 Å². The summed E-state index contributed by atoms with van der Waals surface area (Å²) in [5.74, 6) is -0.447. The predicted octanol–water partition coefficient (Wildman–Crippen LogP) is 0.567. The van der Waals surface area contributed by atoms with Crippen LogP contribution in [0.25, 0.3) is 0 Å². The fraction of sp³-hybridized carbons (Fsp3) is 0.750. The van der Waals surface area contributed by atoms with Gasteiger partial charge in [-0.15, -0.1) is 0 Å². The van der Waals surface area contributed by atoms with E-state index in [-0.39, 0.29) is 5.91 Å². The molecule has 0 aliphatic rings. The monoisotopic (exact) mass is 322 g/mol. The summed E-state index contributed by atoms with van der Waals surface area (Å²) in [6, 6.07) is -1.60. The van der Waals surface area contributed by atoms with E-state index in [0.29, 0.717) is 24.3 Å². The molecule has 0 heterocycles. The summed E-state index contributed by atoms with van der Waals surface area (Å²) in [7, 11) is 0. The van der Waals surface area contributed by atoms with Crippen LogP contribution in [0.5, 0.6) is 0 Å². The zero-order valence-corrected chi connectivity index (χ0v) is 13.6. The Labute approximate surface area is 127 Å². The highest BCUT2D eigenvalue weighted by Crippen LogP contribution is 2.04. The van der Waals surface area contributed by atoms with Gasteiger partial charge in [-0.3, -0.25) is 9.59 Å². The number of carbonyl (C=O) groups is 3. The number of amides is 2. The molecule has 0 radical (unpaired) electrons. The lowest BCUT2D eigenvalue weighted by molar-refractivity contribution is -0.142. The van der Waals surface area contributed by atoms with E-state index in [0.717, 1.165) is 0 Å². The second-order valence-corrected chi connectivity index (χ2v) is 6.19. The van der Waals surface area contributed by atoms with Crippen molar-refractivity contribution in [1.29, 1.82) is 0 Å². The Balaban J connectivity index is 4.59. The Kier molecular flexibility index (Phi) is 10.4. The first kappa shape index (κ1) is 19.1. The maximum Gasteiger partial charge on any atom is 0.326 e. The average Bonchev–Trinajstić information content (AvgIpc) is 2.38. The molecule has 8 heteroatoms. The van der Waals surface area contributed by atoms with Crippen LogP contribution in [0.3, 0.4) is 0 Å². The molecule has 0 aliphatic carbocycles. The van der Waals surface area contributed by atoms with Gasteiger partial charge in [0.25, 0.3) is 0 Å². The maximum atomic E-state index is 12.1. The smallest absolute Gasteiger partial charge is 0.326 e. The van der Waals surface area contributed by atoms with Crippen molar-refractivity contribution in [2.45, 2.75) is 31.8 Å². The van der Waals surface area contributed by atoms with Crippen LogP contribution in [-0.4, -0.2) is 59.0 Å². The van der Waals surface area contributed by atoms with Gasteiger partial charge in [-0.2, -0.15) is 23.5 Å². The van der Waals surface area contributed by atoms with Crippen LogP contribution in [0.4, 0.5) is 0 Å². The lowest BCUT2D eigenvalue weighted by Gasteiger charge is -2.20. The van der Waals surface area contributed by atoms with E-state index >= 15 is 0 Å². The molecule has 6 nitrogen and oxygen atoms in total. The first-order chi connectivity index (χ1) is 9.42. The van der Waals surface area contributed by atoms with Crippen molar-refractivity contribution < 1.29 is 19.5 Å². The fourth-order valence-electron chi connectivity index (χ4n) is 1.52. The molecule has 0 spiro atoms. The van der Waals surface area contributed by atoms with E-state index in [1.807, 2.05) is 12.5 Å². The normalized spacial score (nSPS) is 13.3. The van der Waals surface area contributed by atoms with Gasteiger partial charge in [-0.1, -0.05) is 0 Å². The number of hydrogen-bond donors (Lipinski definition) is 3. The summed E-state index contributed by atoms with van der Waals surface area (Å²) in [6.07, 6.45) is 4.61. The minimum Gasteiger partial charge on any atom is -0.480 e. The minimum atomic E-state index is -1.06. The van der Waals surface area contributed by atoms with Crippen LogP contribution >= 0.6 is 23.5 Å². The van der Waals surface area contributed by atoms with Crippen LogP contribution in [-0.2, 0) is 14.4 Å². The van der Waals surface area contributed by atoms with Crippen molar-refractivity contribution in [2.75, 3.05) is 24.0 Å². The van der Waals surface area contributed by atoms with E-state index < -0.39 is 24.0 Å². The van der Waals surface area contributed by atoms with E-state index in [9.17, 15) is 14.4 Å². The summed E-state index contributed by atoms with van der Waals surface area (Å²) < 4.78 is 0. The number of carboxylic acid groups (broad SMARTS) is 1. The van der Waals surface area contributed by atoms with E-state index in [4.69, 9.17) is 5.11 Å². The molecule has 2 amide bonds. The topological polar surface area (TPSA) is 95.5 Å². The zero-order chi connectivity index (χ0) is 15.5. The number of nitrogens with one attached hydrogen (secondary N) is 2. The average molecular weight is 322 g/mol. The fourth-order valence-corrected chi connectivity index (χ4v) is 2.46. The van der Waals surface area contributed by atoms with Gasteiger partial charge in [0.05, 0.1) is 0 Å². The van der Waals surface area contributed by atoms with Crippen molar-refractivity contribution in [3.8, 4) is 0 Å². The largest absolute Gasteiger partial charge is 0.480 e. The number of hydrogen-bond acceptors (Lipinski definition) is 5. The molecule has 0 fully saturated rings. The van der Waals surface area contributed by atoms with E-state index in [1.54, 1.807) is 11.8 Å². The van der Waals surface area contributed by atoms with Gasteiger partial charge in [0, 0.05) is 6.92 Å². The summed E-state index contributed by atoms with van der Waals surface area (Å²) >= 11 is 3.08. The van der Waals surface area contributed by atoms with Crippen LogP contribution < -0.4 is 10.6 Å². The quantitative estimate of drug-likeness (QED) is 0.544. The van der Waals surface area contributed by atoms with Crippen LogP contribution in [0, 0.1) is 0 Å². The van der Waals surface area contributed by atoms with Gasteiger partial charge in [0.15, 0.2) is 0 Å². The van der Waals surface area contributed by atoms with Gasteiger partial charge in [0.1, 0.15) is 12.1 Å². The molecule has 2 atom stereocenters. The highest BCUT2D eigenvalue weighted by Gasteiger charge is 2.25. The van der Waals surface area contributed by atoms with Crippen LogP contribution in [0.1, 0.15) is 19.8 Å². The first-order valence-corrected chi connectivity index (χ1v) is 8.99. The molecule has 0 bridgehead atoms. The maximum absolute atomic E-state index is 12.1. The molecule has 0 aromatic carbocycles. The van der Waals surface area contributed by atoms with Gasteiger partial charge >= 0.3 is 5.97 Å². The van der Waals surface area contributed by atoms with Crippen molar-refractivity contribution in [1.82, 2.24) is 10.6 Å². The Bertz CT molecular complexity index is 339. The minimum absolute atomic E-state index is 0.303. The summed E-state index contributed by atoms with van der Waals surface area (Å²) in [6.45, 7) is 1.34. The van der Waals surface area contributed by atoms with Gasteiger partial charge in [0.2, 0.25) is 11.8 Å². The molecule has 0 aromatic heterocycles. The molecule has 0 saturated carbocycles. The van der Waals surface area contributed by atoms with Crippen LogP contribution in [0.15, 0.2) is 0 Å². The third kappa shape index (κ3) is 8.31. The Morgan fingerprint density at radius 1 is 1.00 bits per heavy atom. The number of carboxylic acids is 1. The number of carbonyl (C=O) groups excluding carboxylic acids is 2. The molecule has 0 rings (SSSR count). The Morgan fingerprint density at radius 3 is 1.90 bits per heavy atom. The predicted molar refractivity (Wildman–Crippen MR) is 83.2 cm³/mol. The molecule has 0 unspecified atom stereocenters. The van der Waals surface area contributed by atoms with Crippen molar-refractivity contribution >= 4 is 41.3 Å². The van der Waals surface area contributed by atoms with E-state index in [1.165, 1.54) is 18.7 Å². The third-order valence-corrected chi connectivity index (χ3v) is 3.82. The highest BCUT2D eigenvalue weighted by atomic mass is 32.2. The summed E-state index contributed by atoms with van der Waals surface area (Å²) in [4.78, 5) is 34.2. The number of rotatable bonds is 10. The summed E-state index contributed by atoms with van der Waals surface area (Å²) in [5, 5.41) is 14.1. The summed E-state index contributed by atoms with van der Waals surface area (Å²) in [5.41, 5.74) is 0. The van der Waals surface area contributed by atoms with Crippen LogP contribution in [0.2, 0.25) is 0 Å². The lowest BCUT2D eigenvalue weighted by Crippen LogP contribution is -2.51. The Morgan fingerprint density at radius 2 is 1.50 bits per heavy atom. The number of aliphatic carboxylic acids is 1. The molecule has 20 heavy (non-hydrogen) atoms. The van der Waals surface area contributed by atoms with E-state index in [2.05, 4.69) is 10.6 Å². The molecule has 116 valence electrons. The second-order valence-electron chi connectivity index (χ2n) is 4.22.